The Morgan fingerprint density at radius 3 is 2.64 bits per heavy atom. The molecule has 1 aliphatic rings. The average Bonchev–Trinajstić information content (AvgIpc) is 2.03. The third kappa shape index (κ3) is 2.57. The Morgan fingerprint density at radius 2 is 2.00 bits per heavy atom. The van der Waals surface area contributed by atoms with Crippen molar-refractivity contribution < 1.29 is 5.11 Å². The van der Waals surface area contributed by atoms with E-state index in [2.05, 4.69) is 6.92 Å². The van der Waals surface area contributed by atoms with Crippen LogP contribution < -0.4 is 0 Å². The molecular formula is C10H18O. The van der Waals surface area contributed by atoms with E-state index < -0.39 is 0 Å². The van der Waals surface area contributed by atoms with Crippen molar-refractivity contribution in [3.63, 3.8) is 0 Å². The van der Waals surface area contributed by atoms with E-state index in [0.717, 1.165) is 19.3 Å². The van der Waals surface area contributed by atoms with Crippen LogP contribution in [0.4, 0.5) is 0 Å². The molecule has 64 valence electrons. The van der Waals surface area contributed by atoms with Gasteiger partial charge in [0.2, 0.25) is 0 Å². The van der Waals surface area contributed by atoms with Crippen LogP contribution in [0.5, 0.6) is 0 Å². The number of aliphatic hydroxyl groups is 1. The lowest BCUT2D eigenvalue weighted by Crippen LogP contribution is -1.99. The van der Waals surface area contributed by atoms with Crippen molar-refractivity contribution in [1.82, 2.24) is 0 Å². The van der Waals surface area contributed by atoms with Crippen LogP contribution in [0.1, 0.15) is 51.9 Å². The lowest BCUT2D eigenvalue weighted by atomic mass is 9.94. The first-order valence-corrected chi connectivity index (χ1v) is 4.74. The standard InChI is InChI=1S/C10H18O/c1-2-3-6-9-7-4-5-8-10(9)11/h11H,2-8H2,1H3. The number of allylic oxidation sites excluding steroid dienone is 2. The van der Waals surface area contributed by atoms with Crippen LogP contribution in [0.15, 0.2) is 11.3 Å². The van der Waals surface area contributed by atoms with Crippen LogP contribution in [0.3, 0.4) is 0 Å². The third-order valence-corrected chi connectivity index (χ3v) is 2.38. The molecular weight excluding hydrogens is 136 g/mol. The second-order valence-corrected chi connectivity index (χ2v) is 3.36. The highest BCUT2D eigenvalue weighted by Gasteiger charge is 2.10. The summed E-state index contributed by atoms with van der Waals surface area (Å²) >= 11 is 0. The lowest BCUT2D eigenvalue weighted by Gasteiger charge is -2.15. The SMILES string of the molecule is CCCCC1=C(O)CCCC1. The molecule has 0 unspecified atom stereocenters. The van der Waals surface area contributed by atoms with Crippen molar-refractivity contribution in [3.8, 4) is 0 Å². The number of hydrogen-bond acceptors (Lipinski definition) is 1. The molecule has 0 aromatic heterocycles. The van der Waals surface area contributed by atoms with Crippen molar-refractivity contribution >= 4 is 0 Å². The minimum absolute atomic E-state index is 0.699. The molecule has 0 saturated heterocycles. The molecule has 0 spiro atoms. The van der Waals surface area contributed by atoms with Gasteiger partial charge in [-0.05, 0) is 37.7 Å². The number of rotatable bonds is 3. The molecule has 1 heteroatoms. The van der Waals surface area contributed by atoms with Gasteiger partial charge in [0.05, 0.1) is 5.76 Å². The van der Waals surface area contributed by atoms with Gasteiger partial charge in [-0.25, -0.2) is 0 Å². The molecule has 1 N–H and O–H groups in total. The van der Waals surface area contributed by atoms with E-state index in [1.807, 2.05) is 0 Å². The minimum atomic E-state index is 0.699. The molecule has 0 aliphatic heterocycles. The zero-order valence-corrected chi connectivity index (χ0v) is 7.40. The summed E-state index contributed by atoms with van der Waals surface area (Å²) in [5.41, 5.74) is 1.33. The second-order valence-electron chi connectivity index (χ2n) is 3.36. The van der Waals surface area contributed by atoms with E-state index >= 15 is 0 Å². The fourth-order valence-electron chi connectivity index (χ4n) is 1.61. The summed E-state index contributed by atoms with van der Waals surface area (Å²) in [6.45, 7) is 2.19. The summed E-state index contributed by atoms with van der Waals surface area (Å²) in [4.78, 5) is 0. The molecule has 0 heterocycles. The highest BCUT2D eigenvalue weighted by atomic mass is 16.3. The summed E-state index contributed by atoms with van der Waals surface area (Å²) in [5.74, 6) is 0.699. The Labute approximate surface area is 69.1 Å². The van der Waals surface area contributed by atoms with Crippen molar-refractivity contribution in [2.24, 2.45) is 0 Å². The molecule has 1 nitrogen and oxygen atoms in total. The van der Waals surface area contributed by atoms with Gasteiger partial charge in [0.1, 0.15) is 0 Å². The summed E-state index contributed by atoms with van der Waals surface area (Å²) in [7, 11) is 0. The van der Waals surface area contributed by atoms with Crippen LogP contribution >= 0.6 is 0 Å². The van der Waals surface area contributed by atoms with Crippen molar-refractivity contribution in [2.45, 2.75) is 51.9 Å². The monoisotopic (exact) mass is 154 g/mol. The van der Waals surface area contributed by atoms with Gasteiger partial charge in [-0.15, -0.1) is 0 Å². The second kappa shape index (κ2) is 4.42. The predicted octanol–water partition coefficient (Wildman–Crippen LogP) is 3.56. The Morgan fingerprint density at radius 1 is 1.27 bits per heavy atom. The van der Waals surface area contributed by atoms with Crippen LogP contribution in [-0.4, -0.2) is 5.11 Å². The molecule has 0 bridgehead atoms. The molecule has 1 aliphatic carbocycles. The van der Waals surface area contributed by atoms with E-state index in [9.17, 15) is 5.11 Å². The summed E-state index contributed by atoms with van der Waals surface area (Å²) in [6, 6.07) is 0. The molecule has 0 fully saturated rings. The van der Waals surface area contributed by atoms with Gasteiger partial charge in [-0.2, -0.15) is 0 Å². The van der Waals surface area contributed by atoms with Crippen LogP contribution in [-0.2, 0) is 0 Å². The molecule has 0 radical (unpaired) electrons. The summed E-state index contributed by atoms with van der Waals surface area (Å²) in [6.07, 6.45) is 8.13. The van der Waals surface area contributed by atoms with E-state index in [1.165, 1.54) is 31.3 Å². The van der Waals surface area contributed by atoms with Crippen LogP contribution in [0.2, 0.25) is 0 Å². The minimum Gasteiger partial charge on any atom is -0.512 e. The fraction of sp³-hybridized carbons (Fsp3) is 0.800. The van der Waals surface area contributed by atoms with E-state index in [4.69, 9.17) is 0 Å². The molecule has 0 atom stereocenters. The Hall–Kier alpha value is -0.460. The van der Waals surface area contributed by atoms with Gasteiger partial charge in [-0.1, -0.05) is 13.3 Å². The molecule has 0 saturated carbocycles. The number of unbranched alkanes of at least 4 members (excludes halogenated alkanes) is 1. The normalized spacial score (nSPS) is 19.0. The van der Waals surface area contributed by atoms with E-state index in [1.54, 1.807) is 0 Å². The van der Waals surface area contributed by atoms with Crippen molar-refractivity contribution in [3.05, 3.63) is 11.3 Å². The predicted molar refractivity (Wildman–Crippen MR) is 47.6 cm³/mol. The summed E-state index contributed by atoms with van der Waals surface area (Å²) < 4.78 is 0. The zero-order chi connectivity index (χ0) is 8.10. The van der Waals surface area contributed by atoms with Gasteiger partial charge >= 0.3 is 0 Å². The first-order chi connectivity index (χ1) is 5.34. The maximum absolute atomic E-state index is 9.48. The van der Waals surface area contributed by atoms with Crippen LogP contribution in [0, 0.1) is 0 Å². The quantitative estimate of drug-likeness (QED) is 0.659. The molecule has 1 rings (SSSR count). The Bertz CT molecular complexity index is 147. The Balaban J connectivity index is 2.39. The maximum atomic E-state index is 9.48. The number of hydrogen-bond donors (Lipinski definition) is 1. The smallest absolute Gasteiger partial charge is 0.0914 e. The van der Waals surface area contributed by atoms with Crippen LogP contribution in [0.25, 0.3) is 0 Å². The van der Waals surface area contributed by atoms with Crippen molar-refractivity contribution in [1.29, 1.82) is 0 Å². The lowest BCUT2D eigenvalue weighted by molar-refractivity contribution is 0.354. The molecule has 11 heavy (non-hydrogen) atoms. The average molecular weight is 154 g/mol. The van der Waals surface area contributed by atoms with Gasteiger partial charge in [0, 0.05) is 6.42 Å². The summed E-state index contributed by atoms with van der Waals surface area (Å²) in [5, 5.41) is 9.48. The first kappa shape index (κ1) is 8.63. The topological polar surface area (TPSA) is 20.2 Å². The zero-order valence-electron chi connectivity index (χ0n) is 7.40. The third-order valence-electron chi connectivity index (χ3n) is 2.38. The van der Waals surface area contributed by atoms with Gasteiger partial charge in [0.15, 0.2) is 0 Å². The highest BCUT2D eigenvalue weighted by Crippen LogP contribution is 2.26. The molecule has 0 aromatic carbocycles. The van der Waals surface area contributed by atoms with E-state index in [-0.39, 0.29) is 0 Å². The maximum Gasteiger partial charge on any atom is 0.0914 e. The Kier molecular flexibility index (Phi) is 3.47. The van der Waals surface area contributed by atoms with E-state index in [0.29, 0.717) is 5.76 Å². The highest BCUT2D eigenvalue weighted by molar-refractivity contribution is 5.10. The van der Waals surface area contributed by atoms with Gasteiger partial charge < -0.3 is 5.11 Å². The fourth-order valence-corrected chi connectivity index (χ4v) is 1.61. The van der Waals surface area contributed by atoms with Gasteiger partial charge in [0.25, 0.3) is 0 Å². The largest absolute Gasteiger partial charge is 0.512 e. The number of aliphatic hydroxyl groups excluding tert-OH is 1. The van der Waals surface area contributed by atoms with Crippen molar-refractivity contribution in [2.75, 3.05) is 0 Å². The molecule has 0 aromatic rings. The van der Waals surface area contributed by atoms with Gasteiger partial charge in [-0.3, -0.25) is 0 Å². The molecule has 0 amide bonds. The first-order valence-electron chi connectivity index (χ1n) is 4.74.